The Morgan fingerprint density at radius 3 is 2.53 bits per heavy atom. The first-order valence-corrected chi connectivity index (χ1v) is 12.1. The zero-order valence-corrected chi connectivity index (χ0v) is 21.8. The van der Waals surface area contributed by atoms with Crippen molar-refractivity contribution < 1.29 is 33.0 Å². The number of methoxy groups -OCH3 is 1. The predicted octanol–water partition coefficient (Wildman–Crippen LogP) is 4.72. The Balaban J connectivity index is 1.72. The number of ether oxygens (including phenoxy) is 2. The van der Waals surface area contributed by atoms with Gasteiger partial charge in [-0.05, 0) is 76.4 Å². The maximum Gasteiger partial charge on any atom is 0.407 e. The third-order valence-electron chi connectivity index (χ3n) is 5.49. The molecule has 38 heavy (non-hydrogen) atoms. The number of aldehydes is 1. The molecule has 0 saturated carbocycles. The van der Waals surface area contributed by atoms with Gasteiger partial charge in [-0.25, -0.2) is 19.0 Å². The van der Waals surface area contributed by atoms with Crippen LogP contribution < -0.4 is 10.6 Å². The van der Waals surface area contributed by atoms with Gasteiger partial charge in [0.25, 0.3) is 5.91 Å². The molecule has 0 fully saturated rings. The average molecular weight is 527 g/mol. The highest BCUT2D eigenvalue weighted by Gasteiger charge is 2.19. The van der Waals surface area contributed by atoms with Crippen molar-refractivity contribution in [3.05, 3.63) is 58.9 Å². The van der Waals surface area contributed by atoms with Gasteiger partial charge in [-0.1, -0.05) is 0 Å². The van der Waals surface area contributed by atoms with Gasteiger partial charge in [0.1, 0.15) is 17.7 Å². The zero-order valence-electron chi connectivity index (χ0n) is 21.8. The lowest BCUT2D eigenvalue weighted by Gasteiger charge is -2.19. The summed E-state index contributed by atoms with van der Waals surface area (Å²) in [7, 11) is 1.12. The Hall–Kier alpha value is -4.28. The van der Waals surface area contributed by atoms with Gasteiger partial charge in [0, 0.05) is 24.2 Å². The molecule has 1 heterocycles. The number of imidazole rings is 1. The van der Waals surface area contributed by atoms with E-state index in [1.165, 1.54) is 6.07 Å². The molecule has 2 aromatic carbocycles. The van der Waals surface area contributed by atoms with Gasteiger partial charge in [0.2, 0.25) is 5.95 Å². The summed E-state index contributed by atoms with van der Waals surface area (Å²) in [5.74, 6) is -2.05. The normalized spacial score (nSPS) is 11.2. The first-order chi connectivity index (χ1) is 18.0. The third kappa shape index (κ3) is 7.37. The number of nitrogens with one attached hydrogen (secondary N) is 2. The second kappa shape index (κ2) is 12.3. The van der Waals surface area contributed by atoms with Gasteiger partial charge in [-0.15, -0.1) is 0 Å². The van der Waals surface area contributed by atoms with Crippen LogP contribution in [0.4, 0.5) is 15.1 Å². The van der Waals surface area contributed by atoms with Crippen molar-refractivity contribution in [1.29, 1.82) is 0 Å². The lowest BCUT2D eigenvalue weighted by atomic mass is 10.1. The number of halogens is 1. The number of esters is 1. The van der Waals surface area contributed by atoms with E-state index in [2.05, 4.69) is 20.4 Å². The summed E-state index contributed by atoms with van der Waals surface area (Å²) < 4.78 is 25.6. The lowest BCUT2D eigenvalue weighted by molar-refractivity contribution is 0.0525. The second-order valence-corrected chi connectivity index (χ2v) is 9.58. The molecule has 0 aliphatic heterocycles. The van der Waals surface area contributed by atoms with Gasteiger partial charge in [0.05, 0.1) is 23.7 Å². The Kier molecular flexibility index (Phi) is 9.16. The molecule has 0 aliphatic rings. The molecule has 0 atom stereocenters. The topological polar surface area (TPSA) is 129 Å². The van der Waals surface area contributed by atoms with E-state index >= 15 is 0 Å². The predicted molar refractivity (Wildman–Crippen MR) is 139 cm³/mol. The lowest BCUT2D eigenvalue weighted by Crippen LogP contribution is -2.33. The first kappa shape index (κ1) is 28.3. The Labute approximate surface area is 219 Å². The molecule has 0 saturated heterocycles. The molecule has 3 aromatic rings. The number of rotatable bonds is 10. The number of amides is 2. The minimum absolute atomic E-state index is 0.0483. The van der Waals surface area contributed by atoms with E-state index in [1.54, 1.807) is 39.0 Å². The molecule has 2 amide bonds. The van der Waals surface area contributed by atoms with Crippen LogP contribution in [0.25, 0.3) is 11.0 Å². The molecule has 2 N–H and O–H groups in total. The summed E-state index contributed by atoms with van der Waals surface area (Å²) in [6, 6.07) is 8.42. The molecular formula is C27H31FN4O6. The van der Waals surface area contributed by atoms with E-state index in [4.69, 9.17) is 4.74 Å². The molecule has 0 spiro atoms. The zero-order chi connectivity index (χ0) is 27.9. The number of carbonyl (C=O) groups is 4. The van der Waals surface area contributed by atoms with Crippen molar-refractivity contribution in [3.63, 3.8) is 0 Å². The summed E-state index contributed by atoms with van der Waals surface area (Å²) >= 11 is 0. The van der Waals surface area contributed by atoms with Crippen LogP contribution in [-0.4, -0.2) is 53.1 Å². The van der Waals surface area contributed by atoms with Crippen LogP contribution >= 0.6 is 0 Å². The molecule has 202 valence electrons. The number of unbranched alkanes of at least 4 members (excludes halogenated alkanes) is 2. The van der Waals surface area contributed by atoms with E-state index in [9.17, 15) is 23.6 Å². The summed E-state index contributed by atoms with van der Waals surface area (Å²) in [5, 5.41) is 5.44. The maximum absolute atomic E-state index is 14.0. The third-order valence-corrected chi connectivity index (χ3v) is 5.49. The molecule has 0 unspecified atom stereocenters. The van der Waals surface area contributed by atoms with Crippen LogP contribution in [0.1, 0.15) is 71.1 Å². The maximum atomic E-state index is 14.0. The smallest absolute Gasteiger partial charge is 0.407 e. The standard InChI is InChI=1S/C27H31FN4O6/c1-27(2,3)38-26(36)29-12-6-5-7-13-32-22-11-8-17(16-33)14-21(22)30-25(32)31-23(34)18-9-10-20(28)19(15-18)24(35)37-4/h8-11,14-16H,5-7,12-13H2,1-4H3,(H,29,36)(H,30,31,34). The van der Waals surface area contributed by atoms with Gasteiger partial charge < -0.3 is 19.4 Å². The van der Waals surface area contributed by atoms with Crippen LogP contribution in [-0.2, 0) is 16.0 Å². The van der Waals surface area contributed by atoms with Crippen molar-refractivity contribution >= 4 is 41.2 Å². The number of hydrogen-bond donors (Lipinski definition) is 2. The highest BCUT2D eigenvalue weighted by molar-refractivity contribution is 6.05. The van der Waals surface area contributed by atoms with Crippen molar-refractivity contribution in [3.8, 4) is 0 Å². The van der Waals surface area contributed by atoms with Crippen LogP contribution in [0.3, 0.4) is 0 Å². The number of alkyl carbamates (subject to hydrolysis) is 1. The van der Waals surface area contributed by atoms with E-state index in [-0.39, 0.29) is 17.1 Å². The van der Waals surface area contributed by atoms with Crippen molar-refractivity contribution in [2.75, 3.05) is 19.0 Å². The molecule has 0 aliphatic carbocycles. The van der Waals surface area contributed by atoms with Gasteiger partial charge in [-0.3, -0.25) is 14.9 Å². The summed E-state index contributed by atoms with van der Waals surface area (Å²) in [4.78, 5) is 52.3. The molecule has 11 heteroatoms. The largest absolute Gasteiger partial charge is 0.465 e. The van der Waals surface area contributed by atoms with E-state index in [1.807, 2.05) is 4.57 Å². The fraction of sp³-hybridized carbons (Fsp3) is 0.370. The van der Waals surface area contributed by atoms with Crippen molar-refractivity contribution in [2.24, 2.45) is 0 Å². The number of carbonyl (C=O) groups excluding carboxylic acids is 4. The fourth-order valence-corrected chi connectivity index (χ4v) is 3.72. The summed E-state index contributed by atoms with van der Waals surface area (Å²) in [5.41, 5.74) is 0.801. The van der Waals surface area contributed by atoms with E-state index in [0.717, 1.165) is 32.1 Å². The molecule has 0 bridgehead atoms. The summed E-state index contributed by atoms with van der Waals surface area (Å²) in [6.45, 7) is 6.34. The SMILES string of the molecule is COC(=O)c1cc(C(=O)Nc2nc3cc(C=O)ccc3n2CCCCCNC(=O)OC(C)(C)C)ccc1F. The highest BCUT2D eigenvalue weighted by atomic mass is 19.1. The number of nitrogens with zero attached hydrogens (tertiary/aromatic N) is 2. The molecule has 10 nitrogen and oxygen atoms in total. The highest BCUT2D eigenvalue weighted by Crippen LogP contribution is 2.23. The van der Waals surface area contributed by atoms with E-state index in [0.29, 0.717) is 42.4 Å². The van der Waals surface area contributed by atoms with Gasteiger partial charge in [0.15, 0.2) is 0 Å². The Morgan fingerprint density at radius 2 is 1.84 bits per heavy atom. The van der Waals surface area contributed by atoms with Gasteiger partial charge in [-0.2, -0.15) is 0 Å². The minimum Gasteiger partial charge on any atom is -0.465 e. The van der Waals surface area contributed by atoms with Crippen LogP contribution in [0.5, 0.6) is 0 Å². The fourth-order valence-electron chi connectivity index (χ4n) is 3.72. The van der Waals surface area contributed by atoms with Gasteiger partial charge >= 0.3 is 12.1 Å². The van der Waals surface area contributed by atoms with Crippen LogP contribution in [0.2, 0.25) is 0 Å². The Morgan fingerprint density at radius 1 is 1.08 bits per heavy atom. The van der Waals surface area contributed by atoms with Crippen molar-refractivity contribution in [1.82, 2.24) is 14.9 Å². The Bertz CT molecular complexity index is 1350. The molecule has 3 rings (SSSR count). The minimum atomic E-state index is -0.896. The monoisotopic (exact) mass is 526 g/mol. The van der Waals surface area contributed by atoms with E-state index < -0.39 is 29.4 Å². The second-order valence-electron chi connectivity index (χ2n) is 9.58. The quantitative estimate of drug-likeness (QED) is 0.222. The van der Waals surface area contributed by atoms with Crippen LogP contribution in [0, 0.1) is 5.82 Å². The number of benzene rings is 2. The average Bonchev–Trinajstić information content (AvgIpc) is 3.20. The van der Waals surface area contributed by atoms with Crippen molar-refractivity contribution in [2.45, 2.75) is 52.2 Å². The molecule has 0 radical (unpaired) electrons. The molecule has 1 aromatic heterocycles. The van der Waals surface area contributed by atoms with Crippen LogP contribution in [0.15, 0.2) is 36.4 Å². The first-order valence-electron chi connectivity index (χ1n) is 12.1. The molecular weight excluding hydrogens is 495 g/mol. The number of anilines is 1. The number of aromatic nitrogens is 2. The number of aryl methyl sites for hydroxylation is 1. The summed E-state index contributed by atoms with van der Waals surface area (Å²) in [6.07, 6.45) is 2.44. The number of fused-ring (bicyclic) bond motifs is 1. The number of hydrogen-bond acceptors (Lipinski definition) is 7.